The molecule has 0 aliphatic heterocycles. The molecule has 0 heterocycles. The number of hydrogen-bond donors (Lipinski definition) is 2. The molecule has 3 aromatic rings. The summed E-state index contributed by atoms with van der Waals surface area (Å²) in [4.78, 5) is 0. The van der Waals surface area contributed by atoms with E-state index in [9.17, 15) is 32.2 Å². The standard InChI is InChI=1S/C31H30F6O3/c32-26-20(9-10-22(28(26)34)23-12-14-25(39)31(37)29(23)35)17-3-1-16(2-4-17)15-40-19-7-5-18(6-8-19)21-11-13-24(38)30(36)27(21)33/h9-14,16-19,38-39H,1-8,15H2. The molecule has 2 aliphatic carbocycles. The molecule has 40 heavy (non-hydrogen) atoms. The van der Waals surface area contributed by atoms with Crippen LogP contribution in [0.25, 0.3) is 11.1 Å². The van der Waals surface area contributed by atoms with E-state index in [4.69, 9.17) is 4.74 Å². The highest BCUT2D eigenvalue weighted by Gasteiger charge is 2.30. The lowest BCUT2D eigenvalue weighted by Crippen LogP contribution is -2.25. The molecule has 2 fully saturated rings. The monoisotopic (exact) mass is 564 g/mol. The lowest BCUT2D eigenvalue weighted by molar-refractivity contribution is -0.00295. The van der Waals surface area contributed by atoms with Crippen molar-refractivity contribution >= 4 is 0 Å². The summed E-state index contributed by atoms with van der Waals surface area (Å²) >= 11 is 0. The van der Waals surface area contributed by atoms with Crippen molar-refractivity contribution in [3.05, 3.63) is 82.4 Å². The molecule has 214 valence electrons. The van der Waals surface area contributed by atoms with Gasteiger partial charge in [0.2, 0.25) is 11.6 Å². The number of hydrogen-bond acceptors (Lipinski definition) is 3. The highest BCUT2D eigenvalue weighted by atomic mass is 19.2. The van der Waals surface area contributed by atoms with Crippen molar-refractivity contribution in [3.63, 3.8) is 0 Å². The summed E-state index contributed by atoms with van der Waals surface area (Å²) in [6.45, 7) is 0.533. The predicted octanol–water partition coefficient (Wildman–Crippen LogP) is 8.62. The summed E-state index contributed by atoms with van der Waals surface area (Å²) in [6, 6.07) is 7.18. The molecule has 2 saturated carbocycles. The highest BCUT2D eigenvalue weighted by molar-refractivity contribution is 5.66. The number of phenolic OH excluding ortho intramolecular Hbond substituents is 2. The van der Waals surface area contributed by atoms with E-state index in [0.717, 1.165) is 25.0 Å². The molecule has 0 saturated heterocycles. The maximum atomic E-state index is 15.0. The molecule has 0 atom stereocenters. The summed E-state index contributed by atoms with van der Waals surface area (Å²) in [7, 11) is 0. The molecule has 0 unspecified atom stereocenters. The Bertz CT molecular complexity index is 1380. The maximum Gasteiger partial charge on any atom is 0.200 e. The van der Waals surface area contributed by atoms with Crippen LogP contribution < -0.4 is 0 Å². The second kappa shape index (κ2) is 11.7. The van der Waals surface area contributed by atoms with Gasteiger partial charge in [0, 0.05) is 17.7 Å². The molecule has 0 aromatic heterocycles. The number of ether oxygens (including phenoxy) is 1. The summed E-state index contributed by atoms with van der Waals surface area (Å²) in [5.74, 6) is -9.18. The largest absolute Gasteiger partial charge is 0.505 e. The Morgan fingerprint density at radius 2 is 0.950 bits per heavy atom. The second-order valence-corrected chi connectivity index (χ2v) is 10.9. The Hall–Kier alpha value is -3.20. The first-order valence-corrected chi connectivity index (χ1v) is 13.6. The van der Waals surface area contributed by atoms with Crippen LogP contribution in [-0.4, -0.2) is 22.9 Å². The van der Waals surface area contributed by atoms with Crippen molar-refractivity contribution in [2.45, 2.75) is 69.3 Å². The predicted molar refractivity (Wildman–Crippen MR) is 137 cm³/mol. The fourth-order valence-electron chi connectivity index (χ4n) is 6.16. The van der Waals surface area contributed by atoms with Gasteiger partial charge < -0.3 is 14.9 Å². The second-order valence-electron chi connectivity index (χ2n) is 10.9. The van der Waals surface area contributed by atoms with E-state index in [-0.39, 0.29) is 35.0 Å². The van der Waals surface area contributed by atoms with Gasteiger partial charge in [-0.3, -0.25) is 0 Å². The van der Waals surface area contributed by atoms with Gasteiger partial charge in [-0.1, -0.05) is 18.2 Å². The molecule has 0 amide bonds. The Balaban J connectivity index is 1.13. The average molecular weight is 565 g/mol. The summed E-state index contributed by atoms with van der Waals surface area (Å²) in [5, 5.41) is 18.6. The molecular formula is C31H30F6O3. The van der Waals surface area contributed by atoms with Crippen molar-refractivity contribution in [3.8, 4) is 22.6 Å². The Morgan fingerprint density at radius 1 is 0.525 bits per heavy atom. The van der Waals surface area contributed by atoms with Gasteiger partial charge >= 0.3 is 0 Å². The van der Waals surface area contributed by atoms with Crippen LogP contribution in [0.1, 0.15) is 74.3 Å². The molecule has 3 aromatic carbocycles. The molecule has 2 N–H and O–H groups in total. The van der Waals surface area contributed by atoms with Gasteiger partial charge in [0.05, 0.1) is 6.10 Å². The third-order valence-corrected chi connectivity index (χ3v) is 8.52. The van der Waals surface area contributed by atoms with Gasteiger partial charge in [-0.25, -0.2) is 17.6 Å². The molecule has 0 bridgehead atoms. The fourth-order valence-corrected chi connectivity index (χ4v) is 6.16. The molecule has 5 rings (SSSR count). The first-order valence-electron chi connectivity index (χ1n) is 13.6. The van der Waals surface area contributed by atoms with E-state index in [1.165, 1.54) is 24.3 Å². The van der Waals surface area contributed by atoms with Crippen LogP contribution >= 0.6 is 0 Å². The zero-order chi connectivity index (χ0) is 28.6. The van der Waals surface area contributed by atoms with Gasteiger partial charge in [-0.2, -0.15) is 8.78 Å². The molecule has 0 radical (unpaired) electrons. The fraction of sp³-hybridized carbons (Fsp3) is 0.419. The summed E-state index contributed by atoms with van der Waals surface area (Å²) < 4.78 is 92.0. The zero-order valence-corrected chi connectivity index (χ0v) is 21.7. The Morgan fingerprint density at radius 3 is 1.55 bits per heavy atom. The number of halogens is 6. The molecule has 0 spiro atoms. The topological polar surface area (TPSA) is 49.7 Å². The molecule has 9 heteroatoms. The SMILES string of the molecule is Oc1ccc(-c2ccc(C3CCC(COC4CCC(c5ccc(O)c(F)c5F)CC4)CC3)c(F)c2F)c(F)c1F. The number of benzene rings is 3. The van der Waals surface area contributed by atoms with Crippen LogP contribution in [0.15, 0.2) is 36.4 Å². The number of phenols is 2. The van der Waals surface area contributed by atoms with Gasteiger partial charge in [-0.15, -0.1) is 0 Å². The zero-order valence-electron chi connectivity index (χ0n) is 21.7. The van der Waals surface area contributed by atoms with Crippen molar-refractivity contribution in [1.29, 1.82) is 0 Å². The normalized spacial score (nSPS) is 23.4. The number of aromatic hydroxyl groups is 2. The minimum atomic E-state index is -1.52. The van der Waals surface area contributed by atoms with E-state index in [0.29, 0.717) is 45.1 Å². The van der Waals surface area contributed by atoms with Gasteiger partial charge in [-0.05, 0) is 98.4 Å². The van der Waals surface area contributed by atoms with Crippen LogP contribution in [0.4, 0.5) is 26.3 Å². The minimum Gasteiger partial charge on any atom is -0.505 e. The average Bonchev–Trinajstić information content (AvgIpc) is 2.96. The Labute approximate surface area is 228 Å². The Kier molecular flexibility index (Phi) is 8.31. The van der Waals surface area contributed by atoms with Crippen LogP contribution in [0.3, 0.4) is 0 Å². The molecule has 3 nitrogen and oxygen atoms in total. The van der Waals surface area contributed by atoms with E-state index in [1.807, 2.05) is 0 Å². The van der Waals surface area contributed by atoms with Crippen LogP contribution in [0.5, 0.6) is 11.5 Å². The van der Waals surface area contributed by atoms with Crippen LogP contribution in [0, 0.1) is 40.8 Å². The lowest BCUT2D eigenvalue weighted by atomic mass is 9.78. The van der Waals surface area contributed by atoms with Crippen LogP contribution in [-0.2, 0) is 4.74 Å². The summed E-state index contributed by atoms with van der Waals surface area (Å²) in [6.07, 6.45) is 5.53. The molecular weight excluding hydrogens is 534 g/mol. The van der Waals surface area contributed by atoms with Gasteiger partial charge in [0.15, 0.2) is 34.8 Å². The lowest BCUT2D eigenvalue weighted by Gasteiger charge is -2.32. The van der Waals surface area contributed by atoms with Crippen molar-refractivity contribution in [1.82, 2.24) is 0 Å². The van der Waals surface area contributed by atoms with E-state index >= 15 is 4.39 Å². The van der Waals surface area contributed by atoms with Gasteiger partial charge in [0.1, 0.15) is 0 Å². The third kappa shape index (κ3) is 5.53. The number of rotatable bonds is 6. The first-order chi connectivity index (χ1) is 19.2. The van der Waals surface area contributed by atoms with E-state index in [1.54, 1.807) is 0 Å². The third-order valence-electron chi connectivity index (χ3n) is 8.52. The smallest absolute Gasteiger partial charge is 0.200 e. The quantitative estimate of drug-likeness (QED) is 0.295. The maximum absolute atomic E-state index is 15.0. The van der Waals surface area contributed by atoms with Crippen molar-refractivity contribution < 1.29 is 41.3 Å². The van der Waals surface area contributed by atoms with Gasteiger partial charge in [0.25, 0.3) is 0 Å². The van der Waals surface area contributed by atoms with E-state index < -0.39 is 57.5 Å². The minimum absolute atomic E-state index is 0.0169. The summed E-state index contributed by atoms with van der Waals surface area (Å²) in [5.41, 5.74) is -0.387. The van der Waals surface area contributed by atoms with Crippen LogP contribution in [0.2, 0.25) is 0 Å². The van der Waals surface area contributed by atoms with Crippen molar-refractivity contribution in [2.75, 3.05) is 6.61 Å². The highest BCUT2D eigenvalue weighted by Crippen LogP contribution is 2.41. The first kappa shape index (κ1) is 28.3. The molecule has 2 aliphatic rings. The van der Waals surface area contributed by atoms with Crippen molar-refractivity contribution in [2.24, 2.45) is 5.92 Å². The van der Waals surface area contributed by atoms with E-state index in [2.05, 4.69) is 0 Å².